The fourth-order valence-electron chi connectivity index (χ4n) is 5.05. The largest absolute Gasteiger partial charge is 0.497 e. The van der Waals surface area contributed by atoms with Gasteiger partial charge in [0.05, 0.1) is 25.8 Å². The molecule has 1 unspecified atom stereocenters. The van der Waals surface area contributed by atoms with Crippen LogP contribution in [0.5, 0.6) is 11.5 Å². The second-order valence-electron chi connectivity index (χ2n) is 9.30. The summed E-state index contributed by atoms with van der Waals surface area (Å²) in [4.78, 5) is 19.9. The molecule has 3 aromatic rings. The molecule has 1 amide bonds. The van der Waals surface area contributed by atoms with Crippen LogP contribution in [0.4, 0.5) is 11.5 Å². The third-order valence-corrected chi connectivity index (χ3v) is 7.14. The number of carbonyl (C=O) groups excluding carboxylic acids is 1. The minimum atomic E-state index is -0.00909. The number of benzene rings is 2. The highest BCUT2D eigenvalue weighted by molar-refractivity contribution is 5.80. The summed E-state index contributed by atoms with van der Waals surface area (Å²) in [5.41, 5.74) is 2.96. The van der Waals surface area contributed by atoms with E-state index < -0.39 is 0 Å². The first-order valence-corrected chi connectivity index (χ1v) is 12.6. The quantitative estimate of drug-likeness (QED) is 0.525. The molecule has 0 bridgehead atoms. The maximum absolute atomic E-state index is 13.4. The van der Waals surface area contributed by atoms with Crippen LogP contribution in [0.25, 0.3) is 11.3 Å². The van der Waals surface area contributed by atoms with Gasteiger partial charge in [-0.1, -0.05) is 6.07 Å². The SMILES string of the molecule is COc1ccc(-c2ccc(N3CCCC(C(=O)N4CCN(c5cccc(OC)c5)CC4)C3)nn2)cc1. The van der Waals surface area contributed by atoms with Gasteiger partial charge in [0, 0.05) is 56.6 Å². The third-order valence-electron chi connectivity index (χ3n) is 7.14. The lowest BCUT2D eigenvalue weighted by atomic mass is 9.96. The van der Waals surface area contributed by atoms with E-state index >= 15 is 0 Å². The van der Waals surface area contributed by atoms with Crippen LogP contribution in [0.1, 0.15) is 12.8 Å². The first-order chi connectivity index (χ1) is 17.6. The maximum atomic E-state index is 13.4. The Morgan fingerprint density at radius 1 is 0.833 bits per heavy atom. The van der Waals surface area contributed by atoms with Gasteiger partial charge < -0.3 is 24.2 Å². The average molecular weight is 488 g/mol. The number of aromatic nitrogens is 2. The normalized spacial score (nSPS) is 18.2. The first kappa shape index (κ1) is 23.9. The number of piperidine rings is 1. The van der Waals surface area contributed by atoms with Crippen LogP contribution in [0, 0.1) is 5.92 Å². The number of nitrogens with zero attached hydrogens (tertiary/aromatic N) is 5. The van der Waals surface area contributed by atoms with Gasteiger partial charge >= 0.3 is 0 Å². The van der Waals surface area contributed by atoms with E-state index in [1.165, 1.54) is 0 Å². The van der Waals surface area contributed by atoms with E-state index in [0.717, 1.165) is 79.8 Å². The Labute approximate surface area is 212 Å². The number of hydrogen-bond donors (Lipinski definition) is 0. The van der Waals surface area contributed by atoms with Crippen LogP contribution < -0.4 is 19.3 Å². The average Bonchev–Trinajstić information content (AvgIpc) is 2.97. The number of rotatable bonds is 6. The molecule has 0 radical (unpaired) electrons. The van der Waals surface area contributed by atoms with Gasteiger partial charge in [-0.2, -0.15) is 0 Å². The van der Waals surface area contributed by atoms with Crippen molar-refractivity contribution in [3.63, 3.8) is 0 Å². The summed E-state index contributed by atoms with van der Waals surface area (Å²) >= 11 is 0. The highest BCUT2D eigenvalue weighted by Gasteiger charge is 2.31. The summed E-state index contributed by atoms with van der Waals surface area (Å²) in [6.07, 6.45) is 1.89. The molecular weight excluding hydrogens is 454 g/mol. The summed E-state index contributed by atoms with van der Waals surface area (Å²) in [6.45, 7) is 4.71. The minimum absolute atomic E-state index is 0.00909. The molecule has 3 heterocycles. The van der Waals surface area contributed by atoms with E-state index in [9.17, 15) is 4.79 Å². The number of anilines is 2. The number of piperazine rings is 1. The second-order valence-corrected chi connectivity index (χ2v) is 9.30. The van der Waals surface area contributed by atoms with Gasteiger partial charge in [-0.3, -0.25) is 4.79 Å². The van der Waals surface area contributed by atoms with Crippen molar-refractivity contribution in [3.05, 3.63) is 60.7 Å². The van der Waals surface area contributed by atoms with Crippen molar-refractivity contribution in [3.8, 4) is 22.8 Å². The van der Waals surface area contributed by atoms with Gasteiger partial charge in [-0.25, -0.2) is 0 Å². The van der Waals surface area contributed by atoms with Gasteiger partial charge in [0.15, 0.2) is 5.82 Å². The van der Waals surface area contributed by atoms with Gasteiger partial charge in [0.2, 0.25) is 5.91 Å². The molecule has 36 heavy (non-hydrogen) atoms. The molecule has 2 saturated heterocycles. The number of ether oxygens (including phenoxy) is 2. The van der Waals surface area contributed by atoms with Crippen LogP contribution in [-0.4, -0.2) is 74.5 Å². The summed E-state index contributed by atoms with van der Waals surface area (Å²) in [6, 6.07) is 19.9. The molecular formula is C28H33N5O3. The highest BCUT2D eigenvalue weighted by Crippen LogP contribution is 2.27. The topological polar surface area (TPSA) is 71.0 Å². The van der Waals surface area contributed by atoms with Crippen LogP contribution >= 0.6 is 0 Å². The van der Waals surface area contributed by atoms with Crippen molar-refractivity contribution in [1.82, 2.24) is 15.1 Å². The summed E-state index contributed by atoms with van der Waals surface area (Å²) in [7, 11) is 3.34. The minimum Gasteiger partial charge on any atom is -0.497 e. The van der Waals surface area contributed by atoms with E-state index in [2.05, 4.69) is 32.1 Å². The van der Waals surface area contributed by atoms with Crippen LogP contribution in [-0.2, 0) is 4.79 Å². The molecule has 0 spiro atoms. The predicted molar refractivity (Wildman–Crippen MR) is 141 cm³/mol. The molecule has 2 aliphatic rings. The molecule has 1 atom stereocenters. The van der Waals surface area contributed by atoms with Gasteiger partial charge in [-0.15, -0.1) is 10.2 Å². The predicted octanol–water partition coefficient (Wildman–Crippen LogP) is 3.73. The lowest BCUT2D eigenvalue weighted by Gasteiger charge is -2.40. The van der Waals surface area contributed by atoms with Gasteiger partial charge in [-0.05, 0) is 61.4 Å². The number of carbonyl (C=O) groups is 1. The third kappa shape index (κ3) is 5.22. The maximum Gasteiger partial charge on any atom is 0.227 e. The van der Waals surface area contributed by atoms with Crippen LogP contribution in [0.3, 0.4) is 0 Å². The Bertz CT molecular complexity index is 1160. The zero-order chi connectivity index (χ0) is 24.9. The van der Waals surface area contributed by atoms with Crippen molar-refractivity contribution in [2.45, 2.75) is 12.8 Å². The van der Waals surface area contributed by atoms with Crippen molar-refractivity contribution in [1.29, 1.82) is 0 Å². The van der Waals surface area contributed by atoms with E-state index in [1.54, 1.807) is 14.2 Å². The lowest BCUT2D eigenvalue weighted by molar-refractivity contribution is -0.136. The number of hydrogen-bond acceptors (Lipinski definition) is 7. The molecule has 0 aliphatic carbocycles. The summed E-state index contributed by atoms with van der Waals surface area (Å²) in [5.74, 6) is 2.74. The molecule has 8 heteroatoms. The summed E-state index contributed by atoms with van der Waals surface area (Å²) < 4.78 is 10.6. The van der Waals surface area contributed by atoms with E-state index in [1.807, 2.05) is 53.4 Å². The fourth-order valence-corrected chi connectivity index (χ4v) is 5.05. The zero-order valence-electron chi connectivity index (χ0n) is 21.0. The second kappa shape index (κ2) is 10.8. The standard InChI is InChI=1S/C28H33N5O3/c1-35-24-10-8-21(9-11-24)26-12-13-27(30-29-26)33-14-4-5-22(20-33)28(34)32-17-15-31(16-18-32)23-6-3-7-25(19-23)36-2/h3,6-13,19,22H,4-5,14-18,20H2,1-2H3. The molecule has 8 nitrogen and oxygen atoms in total. The monoisotopic (exact) mass is 487 g/mol. The van der Waals surface area contributed by atoms with Crippen molar-refractivity contribution >= 4 is 17.4 Å². The van der Waals surface area contributed by atoms with Crippen LogP contribution in [0.2, 0.25) is 0 Å². The molecule has 188 valence electrons. The molecule has 5 rings (SSSR count). The Morgan fingerprint density at radius 2 is 1.61 bits per heavy atom. The highest BCUT2D eigenvalue weighted by atomic mass is 16.5. The Balaban J connectivity index is 1.18. The van der Waals surface area contributed by atoms with E-state index in [0.29, 0.717) is 6.54 Å². The molecule has 0 N–H and O–H groups in total. The first-order valence-electron chi connectivity index (χ1n) is 12.6. The molecule has 2 fully saturated rings. The lowest BCUT2D eigenvalue weighted by Crippen LogP contribution is -2.52. The summed E-state index contributed by atoms with van der Waals surface area (Å²) in [5, 5.41) is 8.93. The zero-order valence-corrected chi connectivity index (χ0v) is 21.0. The van der Waals surface area contributed by atoms with Crippen molar-refractivity contribution < 1.29 is 14.3 Å². The smallest absolute Gasteiger partial charge is 0.227 e. The van der Waals surface area contributed by atoms with Gasteiger partial charge in [0.25, 0.3) is 0 Å². The van der Waals surface area contributed by atoms with Gasteiger partial charge in [0.1, 0.15) is 11.5 Å². The van der Waals surface area contributed by atoms with Crippen molar-refractivity contribution in [2.75, 3.05) is 63.3 Å². The van der Waals surface area contributed by atoms with E-state index in [-0.39, 0.29) is 11.8 Å². The fraction of sp³-hybridized carbons (Fsp3) is 0.393. The number of methoxy groups -OCH3 is 2. The Morgan fingerprint density at radius 3 is 2.31 bits per heavy atom. The van der Waals surface area contributed by atoms with E-state index in [4.69, 9.17) is 9.47 Å². The number of amides is 1. The van der Waals surface area contributed by atoms with Crippen LogP contribution in [0.15, 0.2) is 60.7 Å². The Kier molecular flexibility index (Phi) is 7.21. The molecule has 0 saturated carbocycles. The Hall–Kier alpha value is -3.81. The molecule has 2 aliphatic heterocycles. The molecule has 1 aromatic heterocycles. The molecule has 2 aromatic carbocycles. The van der Waals surface area contributed by atoms with Crippen molar-refractivity contribution in [2.24, 2.45) is 5.92 Å².